The van der Waals surface area contributed by atoms with Gasteiger partial charge in [0.2, 0.25) is 5.91 Å². The number of carbonyl (C=O) groups excluding carboxylic acids is 1. The van der Waals surface area contributed by atoms with Crippen LogP contribution in [-0.4, -0.2) is 22.4 Å². The lowest BCUT2D eigenvalue weighted by Crippen LogP contribution is -2.23. The smallest absolute Gasteiger partial charge is 0.227 e. The van der Waals surface area contributed by atoms with E-state index in [-0.39, 0.29) is 5.91 Å². The first kappa shape index (κ1) is 14.1. The summed E-state index contributed by atoms with van der Waals surface area (Å²) in [4.78, 5) is 22.2. The van der Waals surface area contributed by atoms with Gasteiger partial charge in [-0.2, -0.15) is 0 Å². The normalized spacial score (nSPS) is 14.6. The zero-order chi connectivity index (χ0) is 15.6. The maximum Gasteiger partial charge on any atom is 0.227 e. The highest BCUT2D eigenvalue weighted by Gasteiger charge is 2.21. The van der Waals surface area contributed by atoms with E-state index < -0.39 is 0 Å². The maximum absolute atomic E-state index is 11.8. The SMILES string of the molecule is O=C1CCCN1c1ccc(CNc2ncnc3ccsc23)cc1. The van der Waals surface area contributed by atoms with Crippen molar-refractivity contribution < 1.29 is 4.79 Å². The topological polar surface area (TPSA) is 58.1 Å². The average Bonchev–Trinajstić information content (AvgIpc) is 3.22. The van der Waals surface area contributed by atoms with Gasteiger partial charge in [0.25, 0.3) is 0 Å². The molecule has 6 heteroatoms. The summed E-state index contributed by atoms with van der Waals surface area (Å²) in [6.07, 6.45) is 3.19. The van der Waals surface area contributed by atoms with Crippen molar-refractivity contribution in [3.63, 3.8) is 0 Å². The van der Waals surface area contributed by atoms with Crippen LogP contribution in [0.2, 0.25) is 0 Å². The number of hydrogen-bond acceptors (Lipinski definition) is 5. The van der Waals surface area contributed by atoms with Gasteiger partial charge >= 0.3 is 0 Å². The predicted molar refractivity (Wildman–Crippen MR) is 92.8 cm³/mol. The molecule has 1 aromatic carbocycles. The molecule has 0 saturated carbocycles. The highest BCUT2D eigenvalue weighted by molar-refractivity contribution is 7.17. The highest BCUT2D eigenvalue weighted by atomic mass is 32.1. The first-order chi connectivity index (χ1) is 11.3. The van der Waals surface area contributed by atoms with E-state index in [1.54, 1.807) is 17.7 Å². The monoisotopic (exact) mass is 324 g/mol. The fourth-order valence-corrected chi connectivity index (χ4v) is 3.63. The Hall–Kier alpha value is -2.47. The number of rotatable bonds is 4. The van der Waals surface area contributed by atoms with Gasteiger partial charge in [-0.25, -0.2) is 9.97 Å². The number of benzene rings is 1. The lowest BCUT2D eigenvalue weighted by Gasteiger charge is -2.16. The number of thiophene rings is 1. The van der Waals surface area contributed by atoms with E-state index in [9.17, 15) is 4.79 Å². The van der Waals surface area contributed by atoms with Gasteiger partial charge in [-0.1, -0.05) is 12.1 Å². The third-order valence-corrected chi connectivity index (χ3v) is 4.93. The van der Waals surface area contributed by atoms with Crippen LogP contribution in [0.5, 0.6) is 0 Å². The van der Waals surface area contributed by atoms with Crippen LogP contribution in [0.3, 0.4) is 0 Å². The zero-order valence-electron chi connectivity index (χ0n) is 12.5. The van der Waals surface area contributed by atoms with Gasteiger partial charge in [-0.15, -0.1) is 11.3 Å². The molecule has 4 rings (SSSR count). The van der Waals surface area contributed by atoms with Crippen molar-refractivity contribution in [1.82, 2.24) is 9.97 Å². The second-order valence-electron chi connectivity index (χ2n) is 5.53. The molecule has 1 aliphatic rings. The third-order valence-electron chi connectivity index (χ3n) is 4.02. The van der Waals surface area contributed by atoms with E-state index in [4.69, 9.17) is 0 Å². The summed E-state index contributed by atoms with van der Waals surface area (Å²) in [6.45, 7) is 1.52. The molecule has 0 aliphatic carbocycles. The summed E-state index contributed by atoms with van der Waals surface area (Å²) >= 11 is 1.64. The minimum atomic E-state index is 0.219. The van der Waals surface area contributed by atoms with Crippen molar-refractivity contribution in [2.24, 2.45) is 0 Å². The second kappa shape index (κ2) is 5.96. The molecule has 0 atom stereocenters. The number of anilines is 2. The lowest BCUT2D eigenvalue weighted by molar-refractivity contribution is -0.117. The molecule has 0 bridgehead atoms. The molecule has 1 saturated heterocycles. The number of amides is 1. The largest absolute Gasteiger partial charge is 0.365 e. The van der Waals surface area contributed by atoms with E-state index >= 15 is 0 Å². The number of fused-ring (bicyclic) bond motifs is 1. The van der Waals surface area contributed by atoms with Gasteiger partial charge in [-0.05, 0) is 35.6 Å². The summed E-state index contributed by atoms with van der Waals surface area (Å²) < 4.78 is 1.08. The van der Waals surface area contributed by atoms with Crippen molar-refractivity contribution in [2.75, 3.05) is 16.8 Å². The molecule has 5 nitrogen and oxygen atoms in total. The molecule has 1 fully saturated rings. The van der Waals surface area contributed by atoms with Crippen LogP contribution in [0.15, 0.2) is 42.0 Å². The summed E-state index contributed by atoms with van der Waals surface area (Å²) in [7, 11) is 0. The Labute approximate surface area is 138 Å². The molecule has 0 spiro atoms. The minimum Gasteiger partial charge on any atom is -0.365 e. The van der Waals surface area contributed by atoms with Crippen LogP contribution < -0.4 is 10.2 Å². The number of aromatic nitrogens is 2. The molecular formula is C17H16N4OS. The molecule has 0 unspecified atom stereocenters. The minimum absolute atomic E-state index is 0.219. The molecule has 2 aromatic heterocycles. The molecule has 1 N–H and O–H groups in total. The summed E-state index contributed by atoms with van der Waals surface area (Å²) in [5, 5.41) is 5.39. The van der Waals surface area contributed by atoms with Crippen LogP contribution in [0.25, 0.3) is 10.2 Å². The molecule has 3 heterocycles. The lowest BCUT2D eigenvalue weighted by atomic mass is 10.2. The van der Waals surface area contributed by atoms with Crippen LogP contribution in [0.4, 0.5) is 11.5 Å². The van der Waals surface area contributed by atoms with Crippen molar-refractivity contribution in [3.05, 3.63) is 47.6 Å². The molecular weight excluding hydrogens is 308 g/mol. The van der Waals surface area contributed by atoms with Crippen molar-refractivity contribution >= 4 is 39.0 Å². The van der Waals surface area contributed by atoms with Gasteiger partial charge in [0.15, 0.2) is 0 Å². The van der Waals surface area contributed by atoms with E-state index in [1.807, 2.05) is 28.5 Å². The van der Waals surface area contributed by atoms with Crippen LogP contribution in [0.1, 0.15) is 18.4 Å². The quantitative estimate of drug-likeness (QED) is 0.799. The predicted octanol–water partition coefficient (Wildman–Crippen LogP) is 3.43. The van der Waals surface area contributed by atoms with Crippen molar-refractivity contribution in [2.45, 2.75) is 19.4 Å². The number of carbonyl (C=O) groups is 1. The van der Waals surface area contributed by atoms with Crippen LogP contribution in [0, 0.1) is 0 Å². The number of hydrogen-bond donors (Lipinski definition) is 1. The first-order valence-electron chi connectivity index (χ1n) is 7.63. The standard InChI is InChI=1S/C17H16N4OS/c22-15-2-1-8-21(15)13-5-3-12(4-6-13)10-18-17-16-14(7-9-23-16)19-11-20-17/h3-7,9,11H,1-2,8,10H2,(H,18,19,20). The third kappa shape index (κ3) is 2.77. The van der Waals surface area contributed by atoms with E-state index in [2.05, 4.69) is 27.4 Å². The van der Waals surface area contributed by atoms with E-state index in [1.165, 1.54) is 0 Å². The van der Waals surface area contributed by atoms with E-state index in [0.29, 0.717) is 13.0 Å². The highest BCUT2D eigenvalue weighted by Crippen LogP contribution is 2.26. The molecule has 1 amide bonds. The summed E-state index contributed by atoms with van der Waals surface area (Å²) in [5.41, 5.74) is 3.11. The zero-order valence-corrected chi connectivity index (χ0v) is 13.3. The Bertz CT molecular complexity index is 843. The molecule has 1 aliphatic heterocycles. The molecule has 116 valence electrons. The van der Waals surface area contributed by atoms with Crippen LogP contribution >= 0.6 is 11.3 Å². The molecule has 3 aromatic rings. The van der Waals surface area contributed by atoms with Gasteiger partial charge in [0.05, 0.1) is 10.2 Å². The van der Waals surface area contributed by atoms with Gasteiger partial charge in [0.1, 0.15) is 12.1 Å². The Kier molecular flexibility index (Phi) is 3.67. The summed E-state index contributed by atoms with van der Waals surface area (Å²) in [5.74, 6) is 1.08. The van der Waals surface area contributed by atoms with Crippen LogP contribution in [-0.2, 0) is 11.3 Å². The Morgan fingerprint density at radius 1 is 1.17 bits per heavy atom. The second-order valence-corrected chi connectivity index (χ2v) is 6.44. The Morgan fingerprint density at radius 2 is 2.04 bits per heavy atom. The maximum atomic E-state index is 11.8. The number of nitrogens with one attached hydrogen (secondary N) is 1. The van der Waals surface area contributed by atoms with Gasteiger partial charge < -0.3 is 10.2 Å². The first-order valence-corrected chi connectivity index (χ1v) is 8.50. The van der Waals surface area contributed by atoms with Gasteiger partial charge in [-0.3, -0.25) is 4.79 Å². The van der Waals surface area contributed by atoms with Gasteiger partial charge in [0, 0.05) is 25.2 Å². The Morgan fingerprint density at radius 3 is 2.83 bits per heavy atom. The molecule has 0 radical (unpaired) electrons. The van der Waals surface area contributed by atoms with Crippen molar-refractivity contribution in [3.8, 4) is 0 Å². The number of nitrogens with zero attached hydrogens (tertiary/aromatic N) is 3. The summed E-state index contributed by atoms with van der Waals surface area (Å²) in [6, 6.07) is 10.1. The average molecular weight is 324 g/mol. The Balaban J connectivity index is 1.47. The fraction of sp³-hybridized carbons (Fsp3) is 0.235. The molecule has 23 heavy (non-hydrogen) atoms. The fourth-order valence-electron chi connectivity index (χ4n) is 2.82. The van der Waals surface area contributed by atoms with Crippen molar-refractivity contribution in [1.29, 1.82) is 0 Å². The van der Waals surface area contributed by atoms with E-state index in [0.717, 1.165) is 40.3 Å².